The number of rotatable bonds is 3. The molecule has 1 aromatic heterocycles. The van der Waals surface area contributed by atoms with Gasteiger partial charge in [-0.15, -0.1) is 0 Å². The third-order valence-corrected chi connectivity index (χ3v) is 2.49. The number of piperidine rings is 1. The summed E-state index contributed by atoms with van der Waals surface area (Å²) < 4.78 is 0. The third kappa shape index (κ3) is 2.66. The topological polar surface area (TPSA) is 88.2 Å². The van der Waals surface area contributed by atoms with E-state index in [4.69, 9.17) is 0 Å². The quantitative estimate of drug-likeness (QED) is 0.571. The molecule has 6 heteroatoms. The van der Waals surface area contributed by atoms with Gasteiger partial charge >= 0.3 is 0 Å². The predicted molar refractivity (Wildman–Crippen MR) is 59.4 cm³/mol. The van der Waals surface area contributed by atoms with Gasteiger partial charge in [-0.1, -0.05) is 0 Å². The van der Waals surface area contributed by atoms with E-state index >= 15 is 0 Å². The summed E-state index contributed by atoms with van der Waals surface area (Å²) in [5.74, 6) is -0.580. The van der Waals surface area contributed by atoms with Crippen molar-refractivity contribution in [3.8, 4) is 0 Å². The molecule has 1 saturated heterocycles. The van der Waals surface area contributed by atoms with Crippen LogP contribution < -0.4 is 10.6 Å². The number of carbonyl (C=O) groups excluding carboxylic acids is 3. The molecule has 17 heavy (non-hydrogen) atoms. The molecule has 0 aliphatic carbocycles. The fourth-order valence-electron chi connectivity index (χ4n) is 1.59. The average molecular weight is 233 g/mol. The molecule has 0 radical (unpaired) electrons. The van der Waals surface area contributed by atoms with Crippen molar-refractivity contribution in [1.82, 2.24) is 10.3 Å². The van der Waals surface area contributed by atoms with Gasteiger partial charge in [0.1, 0.15) is 11.7 Å². The Morgan fingerprint density at radius 1 is 1.41 bits per heavy atom. The number of nitrogens with zero attached hydrogens (tertiary/aromatic N) is 1. The molecule has 6 nitrogen and oxygen atoms in total. The minimum atomic E-state index is -0.434. The summed E-state index contributed by atoms with van der Waals surface area (Å²) in [6, 6.07) is 2.79. The monoisotopic (exact) mass is 233 g/mol. The number of carbonyl (C=O) groups is 3. The van der Waals surface area contributed by atoms with Crippen LogP contribution in [0.3, 0.4) is 0 Å². The number of anilines is 1. The van der Waals surface area contributed by atoms with Crippen molar-refractivity contribution in [3.05, 3.63) is 24.0 Å². The molecular weight excluding hydrogens is 222 g/mol. The van der Waals surface area contributed by atoms with Crippen LogP contribution in [0.5, 0.6) is 0 Å². The number of aldehydes is 1. The Labute approximate surface area is 97.4 Å². The van der Waals surface area contributed by atoms with Crippen LogP contribution in [0.25, 0.3) is 0 Å². The lowest BCUT2D eigenvalue weighted by Crippen LogP contribution is -2.47. The normalized spacial score (nSPS) is 19.6. The van der Waals surface area contributed by atoms with Crippen molar-refractivity contribution in [2.45, 2.75) is 18.9 Å². The fourth-order valence-corrected chi connectivity index (χ4v) is 1.59. The molecule has 1 unspecified atom stereocenters. The van der Waals surface area contributed by atoms with E-state index in [-0.39, 0.29) is 11.8 Å². The molecule has 1 aliphatic heterocycles. The van der Waals surface area contributed by atoms with Crippen molar-refractivity contribution in [3.63, 3.8) is 0 Å². The van der Waals surface area contributed by atoms with Crippen molar-refractivity contribution in [1.29, 1.82) is 0 Å². The molecule has 2 rings (SSSR count). The Bertz CT molecular complexity index is 456. The van der Waals surface area contributed by atoms with Gasteiger partial charge in [-0.2, -0.15) is 0 Å². The van der Waals surface area contributed by atoms with E-state index in [2.05, 4.69) is 15.6 Å². The van der Waals surface area contributed by atoms with Gasteiger partial charge in [-0.05, 0) is 18.6 Å². The number of pyridine rings is 1. The second-order valence-corrected chi connectivity index (χ2v) is 3.74. The number of hydrogen-bond donors (Lipinski definition) is 2. The standard InChI is InChI=1S/C11H11N3O3/c15-6-8-2-1-7(5-12-8)13-9-3-4-10(16)14-11(9)17/h1-2,5-6,9,13H,3-4H2,(H,14,16,17). The number of imide groups is 1. The Morgan fingerprint density at radius 3 is 2.82 bits per heavy atom. The first-order chi connectivity index (χ1) is 8.19. The Kier molecular flexibility index (Phi) is 3.13. The SMILES string of the molecule is O=Cc1ccc(NC2CCC(=O)NC2=O)cn1. The summed E-state index contributed by atoms with van der Waals surface area (Å²) >= 11 is 0. The summed E-state index contributed by atoms with van der Waals surface area (Å²) in [5.41, 5.74) is 0.976. The van der Waals surface area contributed by atoms with Crippen molar-refractivity contribution < 1.29 is 14.4 Å². The maximum atomic E-state index is 11.5. The van der Waals surface area contributed by atoms with Crippen molar-refractivity contribution in [2.75, 3.05) is 5.32 Å². The maximum Gasteiger partial charge on any atom is 0.249 e. The van der Waals surface area contributed by atoms with E-state index in [0.29, 0.717) is 30.5 Å². The second-order valence-electron chi connectivity index (χ2n) is 3.74. The van der Waals surface area contributed by atoms with E-state index in [1.54, 1.807) is 12.1 Å². The molecule has 1 fully saturated rings. The fraction of sp³-hybridized carbons (Fsp3) is 0.273. The highest BCUT2D eigenvalue weighted by Gasteiger charge is 2.26. The van der Waals surface area contributed by atoms with Gasteiger partial charge in [0, 0.05) is 6.42 Å². The largest absolute Gasteiger partial charge is 0.372 e. The smallest absolute Gasteiger partial charge is 0.249 e. The summed E-state index contributed by atoms with van der Waals surface area (Å²) in [7, 11) is 0. The zero-order valence-corrected chi connectivity index (χ0v) is 8.97. The second kappa shape index (κ2) is 4.73. The lowest BCUT2D eigenvalue weighted by Gasteiger charge is -2.22. The van der Waals surface area contributed by atoms with Gasteiger partial charge in [0.2, 0.25) is 11.8 Å². The predicted octanol–water partition coefficient (Wildman–Crippen LogP) is 0.111. The van der Waals surface area contributed by atoms with Gasteiger partial charge in [0.05, 0.1) is 11.9 Å². The first-order valence-electron chi connectivity index (χ1n) is 5.20. The van der Waals surface area contributed by atoms with Gasteiger partial charge in [0.25, 0.3) is 0 Å². The number of amides is 2. The molecule has 2 amide bonds. The lowest BCUT2D eigenvalue weighted by molar-refractivity contribution is -0.133. The van der Waals surface area contributed by atoms with Crippen LogP contribution >= 0.6 is 0 Å². The molecule has 1 aromatic rings. The highest BCUT2D eigenvalue weighted by molar-refractivity contribution is 6.01. The molecule has 0 bridgehead atoms. The van der Waals surface area contributed by atoms with E-state index in [0.717, 1.165) is 0 Å². The number of hydrogen-bond acceptors (Lipinski definition) is 5. The van der Waals surface area contributed by atoms with E-state index in [1.807, 2.05) is 0 Å². The molecule has 0 saturated carbocycles. The Hall–Kier alpha value is -2.24. The van der Waals surface area contributed by atoms with Gasteiger partial charge in [0.15, 0.2) is 6.29 Å². The maximum absolute atomic E-state index is 11.5. The van der Waals surface area contributed by atoms with Crippen LogP contribution in [0.2, 0.25) is 0 Å². The molecule has 0 spiro atoms. The van der Waals surface area contributed by atoms with Crippen LogP contribution in [0.15, 0.2) is 18.3 Å². The number of nitrogens with one attached hydrogen (secondary N) is 2. The minimum absolute atomic E-state index is 0.248. The summed E-state index contributed by atoms with van der Waals surface area (Å²) in [6.07, 6.45) is 2.91. The zero-order chi connectivity index (χ0) is 12.3. The van der Waals surface area contributed by atoms with E-state index < -0.39 is 6.04 Å². The first kappa shape index (κ1) is 11.3. The highest BCUT2D eigenvalue weighted by Crippen LogP contribution is 2.12. The van der Waals surface area contributed by atoms with Crippen LogP contribution in [0.4, 0.5) is 5.69 Å². The van der Waals surface area contributed by atoms with Crippen LogP contribution in [-0.4, -0.2) is 29.1 Å². The van der Waals surface area contributed by atoms with Crippen LogP contribution in [0, 0.1) is 0 Å². The molecule has 1 atom stereocenters. The third-order valence-electron chi connectivity index (χ3n) is 2.49. The van der Waals surface area contributed by atoms with E-state index in [9.17, 15) is 14.4 Å². The summed E-state index contributed by atoms with van der Waals surface area (Å²) in [4.78, 5) is 36.7. The average Bonchev–Trinajstić information content (AvgIpc) is 2.34. The molecule has 2 N–H and O–H groups in total. The Balaban J connectivity index is 2.02. The highest BCUT2D eigenvalue weighted by atomic mass is 16.2. The van der Waals surface area contributed by atoms with Crippen molar-refractivity contribution in [2.24, 2.45) is 0 Å². The molecule has 88 valence electrons. The molecule has 2 heterocycles. The zero-order valence-electron chi connectivity index (χ0n) is 8.97. The molecule has 1 aliphatic rings. The summed E-state index contributed by atoms with van der Waals surface area (Å²) in [5, 5.41) is 5.21. The van der Waals surface area contributed by atoms with Crippen molar-refractivity contribution >= 4 is 23.8 Å². The van der Waals surface area contributed by atoms with Gasteiger partial charge in [-0.3, -0.25) is 24.7 Å². The van der Waals surface area contributed by atoms with Crippen LogP contribution in [-0.2, 0) is 9.59 Å². The molecule has 0 aromatic carbocycles. The molecular formula is C11H11N3O3. The van der Waals surface area contributed by atoms with E-state index in [1.165, 1.54) is 6.20 Å². The summed E-state index contributed by atoms with van der Waals surface area (Å²) in [6.45, 7) is 0. The van der Waals surface area contributed by atoms with Crippen LogP contribution in [0.1, 0.15) is 23.3 Å². The van der Waals surface area contributed by atoms with Gasteiger partial charge in [-0.25, -0.2) is 0 Å². The number of aromatic nitrogens is 1. The first-order valence-corrected chi connectivity index (χ1v) is 5.20. The minimum Gasteiger partial charge on any atom is -0.372 e. The lowest BCUT2D eigenvalue weighted by atomic mass is 10.1. The van der Waals surface area contributed by atoms with Gasteiger partial charge < -0.3 is 5.32 Å². The Morgan fingerprint density at radius 2 is 2.24 bits per heavy atom.